The number of hydrogen-bond donors (Lipinski definition) is 2. The van der Waals surface area contributed by atoms with E-state index in [2.05, 4.69) is 34.6 Å². The number of nitrogens with two attached hydrogens (primary N) is 1. The number of aromatic nitrogens is 1. The van der Waals surface area contributed by atoms with Gasteiger partial charge < -0.3 is 11.1 Å². The van der Waals surface area contributed by atoms with Crippen molar-refractivity contribution in [2.75, 3.05) is 5.73 Å². The maximum absolute atomic E-state index is 12.8. The molecule has 3 N–H and O–H groups in total. The van der Waals surface area contributed by atoms with Gasteiger partial charge in [0.25, 0.3) is 0 Å². The average Bonchev–Trinajstić information content (AvgIpc) is 2.73. The first-order valence-electron chi connectivity index (χ1n) is 10.5. The summed E-state index contributed by atoms with van der Waals surface area (Å²) in [7, 11) is 0. The minimum atomic E-state index is -0.471. The van der Waals surface area contributed by atoms with Crippen LogP contribution in [0.5, 0.6) is 0 Å². The van der Waals surface area contributed by atoms with Crippen molar-refractivity contribution in [2.24, 2.45) is 5.92 Å². The Morgan fingerprint density at radius 3 is 2.66 bits per heavy atom. The van der Waals surface area contributed by atoms with E-state index < -0.39 is 6.04 Å². The molecule has 1 aliphatic rings. The van der Waals surface area contributed by atoms with Gasteiger partial charge in [0.05, 0.1) is 6.04 Å². The van der Waals surface area contributed by atoms with Gasteiger partial charge in [-0.1, -0.05) is 42.8 Å². The van der Waals surface area contributed by atoms with Crippen LogP contribution in [-0.2, 0) is 16.0 Å². The van der Waals surface area contributed by atoms with Crippen molar-refractivity contribution in [3.8, 4) is 0 Å². The highest BCUT2D eigenvalue weighted by atomic mass is 16.2. The molecule has 1 amide bonds. The second-order valence-electron chi connectivity index (χ2n) is 8.15. The number of benzene rings is 1. The molecule has 1 heterocycles. The highest BCUT2D eigenvalue weighted by Gasteiger charge is 2.29. The number of nitrogens with zero attached hydrogens (tertiary/aromatic N) is 1. The molecule has 5 nitrogen and oxygen atoms in total. The van der Waals surface area contributed by atoms with Gasteiger partial charge >= 0.3 is 0 Å². The van der Waals surface area contributed by atoms with Gasteiger partial charge in [-0.15, -0.1) is 0 Å². The van der Waals surface area contributed by atoms with Gasteiger partial charge in [0.1, 0.15) is 5.82 Å². The maximum Gasteiger partial charge on any atom is 0.223 e. The fourth-order valence-electron chi connectivity index (χ4n) is 4.22. The molecule has 0 unspecified atom stereocenters. The molecule has 3 atom stereocenters. The summed E-state index contributed by atoms with van der Waals surface area (Å²) in [5, 5.41) is 2.96. The predicted molar refractivity (Wildman–Crippen MR) is 115 cm³/mol. The summed E-state index contributed by atoms with van der Waals surface area (Å²) in [6.45, 7) is 3.68. The Bertz CT molecular complexity index is 850. The van der Waals surface area contributed by atoms with Crippen LogP contribution >= 0.6 is 0 Å². The van der Waals surface area contributed by atoms with Crippen LogP contribution in [0.4, 0.5) is 5.82 Å². The first-order chi connectivity index (χ1) is 13.9. The van der Waals surface area contributed by atoms with E-state index in [1.165, 1.54) is 5.56 Å². The second kappa shape index (κ2) is 9.68. The van der Waals surface area contributed by atoms with E-state index in [0.29, 0.717) is 24.6 Å². The number of ketones is 1. The standard InChI is InChI=1S/C24H31N3O2/c1-16-18(12-14-23(25)26-16)11-13-22(28)17(2)27-24(29)21-10-6-9-20(15-21)19-7-4-3-5-8-19/h3-5,7-8,12,14,17,20-21H,6,9-11,13,15H2,1-2H3,(H2,25,26)(H,27,29)/t17-,20+,21+/m0/s1. The lowest BCUT2D eigenvalue weighted by Gasteiger charge is -2.29. The molecule has 1 saturated carbocycles. The van der Waals surface area contributed by atoms with Crippen LogP contribution in [-0.4, -0.2) is 22.7 Å². The Balaban J connectivity index is 1.50. The van der Waals surface area contributed by atoms with E-state index >= 15 is 0 Å². The van der Waals surface area contributed by atoms with E-state index in [1.54, 1.807) is 13.0 Å². The lowest BCUT2D eigenvalue weighted by molar-refractivity contribution is -0.130. The Hall–Kier alpha value is -2.69. The van der Waals surface area contributed by atoms with Gasteiger partial charge in [0.15, 0.2) is 5.78 Å². The number of pyridine rings is 1. The molecule has 154 valence electrons. The van der Waals surface area contributed by atoms with E-state index in [0.717, 1.165) is 36.9 Å². The topological polar surface area (TPSA) is 85.1 Å². The Labute approximate surface area is 173 Å². The van der Waals surface area contributed by atoms with Gasteiger partial charge in [-0.05, 0) is 62.6 Å². The first-order valence-corrected chi connectivity index (χ1v) is 10.5. The van der Waals surface area contributed by atoms with Gasteiger partial charge in [0, 0.05) is 18.0 Å². The van der Waals surface area contributed by atoms with Crippen LogP contribution in [0.15, 0.2) is 42.5 Å². The smallest absolute Gasteiger partial charge is 0.223 e. The number of nitrogens with one attached hydrogen (secondary N) is 1. The largest absolute Gasteiger partial charge is 0.384 e. The van der Waals surface area contributed by atoms with E-state index in [1.807, 2.05) is 19.1 Å². The fraction of sp³-hybridized carbons (Fsp3) is 0.458. The minimum absolute atomic E-state index is 0.0109. The average molecular weight is 394 g/mol. The number of nitrogen functional groups attached to an aromatic ring is 1. The Kier molecular flexibility index (Phi) is 7.02. The van der Waals surface area contributed by atoms with Gasteiger partial charge in [-0.2, -0.15) is 0 Å². The number of carbonyl (C=O) groups excluding carboxylic acids is 2. The third-order valence-corrected chi connectivity index (χ3v) is 6.02. The lowest BCUT2D eigenvalue weighted by Crippen LogP contribution is -2.42. The number of anilines is 1. The number of rotatable bonds is 7. The summed E-state index contributed by atoms with van der Waals surface area (Å²) in [4.78, 5) is 29.5. The number of Topliss-reactive ketones (excluding diaryl/α,β-unsaturated/α-hetero) is 1. The summed E-state index contributed by atoms with van der Waals surface area (Å²) in [6.07, 6.45) is 4.91. The first kappa shape index (κ1) is 21.0. The SMILES string of the molecule is Cc1nc(N)ccc1CCC(=O)[C@H](C)NC(=O)[C@@H]1CCC[C@@H](c2ccccc2)C1. The van der Waals surface area contributed by atoms with Crippen LogP contribution in [0, 0.1) is 12.8 Å². The van der Waals surface area contributed by atoms with E-state index in [9.17, 15) is 9.59 Å². The molecule has 0 saturated heterocycles. The maximum atomic E-state index is 12.8. The molecule has 1 aliphatic carbocycles. The highest BCUT2D eigenvalue weighted by molar-refractivity contribution is 5.89. The zero-order valence-corrected chi connectivity index (χ0v) is 17.4. The lowest BCUT2D eigenvalue weighted by atomic mass is 9.77. The zero-order chi connectivity index (χ0) is 20.8. The molecule has 1 aromatic heterocycles. The van der Waals surface area contributed by atoms with Crippen molar-refractivity contribution in [3.63, 3.8) is 0 Å². The normalized spacial score (nSPS) is 20.1. The minimum Gasteiger partial charge on any atom is -0.384 e. The Morgan fingerprint density at radius 1 is 1.17 bits per heavy atom. The monoisotopic (exact) mass is 393 g/mol. The molecule has 0 radical (unpaired) electrons. The molecular weight excluding hydrogens is 362 g/mol. The third-order valence-electron chi connectivity index (χ3n) is 6.02. The zero-order valence-electron chi connectivity index (χ0n) is 17.4. The van der Waals surface area contributed by atoms with Crippen molar-refractivity contribution in [3.05, 3.63) is 59.3 Å². The molecule has 1 fully saturated rings. The Morgan fingerprint density at radius 2 is 1.93 bits per heavy atom. The van der Waals surface area contributed by atoms with Crippen LogP contribution in [0.25, 0.3) is 0 Å². The van der Waals surface area contributed by atoms with Crippen molar-refractivity contribution >= 4 is 17.5 Å². The third kappa shape index (κ3) is 5.66. The van der Waals surface area contributed by atoms with Crippen molar-refractivity contribution < 1.29 is 9.59 Å². The number of hydrogen-bond acceptors (Lipinski definition) is 4. The summed E-state index contributed by atoms with van der Waals surface area (Å²) in [5.74, 6) is 0.946. The van der Waals surface area contributed by atoms with Gasteiger partial charge in [-0.25, -0.2) is 4.98 Å². The number of aryl methyl sites for hydroxylation is 2. The molecule has 3 rings (SSSR count). The molecule has 5 heteroatoms. The van der Waals surface area contributed by atoms with Crippen molar-refractivity contribution in [2.45, 2.75) is 64.3 Å². The number of amides is 1. The van der Waals surface area contributed by atoms with Gasteiger partial charge in [0.2, 0.25) is 5.91 Å². The van der Waals surface area contributed by atoms with Crippen LogP contribution in [0.1, 0.15) is 61.8 Å². The predicted octanol–water partition coefficient (Wildman–Crippen LogP) is 3.95. The molecule has 0 bridgehead atoms. The quantitative estimate of drug-likeness (QED) is 0.746. The molecule has 29 heavy (non-hydrogen) atoms. The molecule has 0 spiro atoms. The molecular formula is C24H31N3O2. The van der Waals surface area contributed by atoms with Crippen LogP contribution in [0.3, 0.4) is 0 Å². The summed E-state index contributed by atoms with van der Waals surface area (Å²) >= 11 is 0. The van der Waals surface area contributed by atoms with Crippen molar-refractivity contribution in [1.82, 2.24) is 10.3 Å². The summed E-state index contributed by atoms with van der Waals surface area (Å²) in [5.41, 5.74) is 8.85. The highest BCUT2D eigenvalue weighted by Crippen LogP contribution is 2.36. The molecule has 1 aromatic carbocycles. The summed E-state index contributed by atoms with van der Waals surface area (Å²) in [6, 6.07) is 13.6. The van der Waals surface area contributed by atoms with Crippen LogP contribution < -0.4 is 11.1 Å². The van der Waals surface area contributed by atoms with Crippen molar-refractivity contribution in [1.29, 1.82) is 0 Å². The van der Waals surface area contributed by atoms with E-state index in [4.69, 9.17) is 5.73 Å². The summed E-state index contributed by atoms with van der Waals surface area (Å²) < 4.78 is 0. The van der Waals surface area contributed by atoms with Gasteiger partial charge in [-0.3, -0.25) is 9.59 Å². The molecule has 0 aliphatic heterocycles. The van der Waals surface area contributed by atoms with Crippen LogP contribution in [0.2, 0.25) is 0 Å². The number of carbonyl (C=O) groups is 2. The molecule has 2 aromatic rings. The fourth-order valence-corrected chi connectivity index (χ4v) is 4.22. The second-order valence-corrected chi connectivity index (χ2v) is 8.15. The van der Waals surface area contributed by atoms with E-state index in [-0.39, 0.29) is 17.6 Å².